The molecule has 0 saturated heterocycles. The van der Waals surface area contributed by atoms with Crippen molar-refractivity contribution in [3.63, 3.8) is 0 Å². The topological polar surface area (TPSA) is 43.4 Å². The summed E-state index contributed by atoms with van der Waals surface area (Å²) >= 11 is 0. The average molecular weight is 318 g/mol. The van der Waals surface area contributed by atoms with Crippen LogP contribution in [0.5, 0.6) is 5.75 Å². The molecule has 3 nitrogen and oxygen atoms in total. The zero-order chi connectivity index (χ0) is 16.4. The van der Waals surface area contributed by atoms with E-state index in [2.05, 4.69) is 20.8 Å². The molecule has 0 aliphatic heterocycles. The van der Waals surface area contributed by atoms with Crippen molar-refractivity contribution in [3.8, 4) is 5.75 Å². The lowest BCUT2D eigenvalue weighted by Crippen LogP contribution is -2.16. The van der Waals surface area contributed by atoms with Gasteiger partial charge in [0.05, 0.1) is 4.90 Å². The Bertz CT molecular complexity index is 742. The van der Waals surface area contributed by atoms with Gasteiger partial charge in [-0.25, -0.2) is 8.42 Å². The summed E-state index contributed by atoms with van der Waals surface area (Å²) in [5.74, 6) is 0.801. The van der Waals surface area contributed by atoms with Crippen molar-refractivity contribution >= 4 is 9.84 Å². The Morgan fingerprint density at radius 2 is 1.64 bits per heavy atom. The van der Waals surface area contributed by atoms with Crippen LogP contribution in [-0.4, -0.2) is 14.7 Å². The third-order valence-corrected chi connectivity index (χ3v) is 4.57. The molecule has 4 heteroatoms. The first-order valence-electron chi connectivity index (χ1n) is 7.19. The first kappa shape index (κ1) is 16.6. The molecule has 0 fully saturated rings. The van der Waals surface area contributed by atoms with Crippen molar-refractivity contribution in [3.05, 3.63) is 59.7 Å². The smallest absolute Gasteiger partial charge is 0.175 e. The quantitative estimate of drug-likeness (QED) is 0.857. The molecular formula is C18H22O3S. The number of hydrogen-bond donors (Lipinski definition) is 0. The van der Waals surface area contributed by atoms with Crippen LogP contribution < -0.4 is 4.74 Å². The van der Waals surface area contributed by atoms with Gasteiger partial charge in [-0.15, -0.1) is 0 Å². The summed E-state index contributed by atoms with van der Waals surface area (Å²) in [5.41, 5.74) is 1.84. The standard InChI is InChI=1S/C18H22O3S/c1-18(2,3)17-12-16(22(4,19)20)11-10-14(17)13-21-15-8-6-5-7-9-15/h5-12H,13H2,1-4H3. The van der Waals surface area contributed by atoms with Gasteiger partial charge >= 0.3 is 0 Å². The molecular weight excluding hydrogens is 296 g/mol. The van der Waals surface area contributed by atoms with Crippen molar-refractivity contribution < 1.29 is 13.2 Å². The number of rotatable bonds is 4. The number of sulfone groups is 1. The van der Waals surface area contributed by atoms with E-state index in [-0.39, 0.29) is 5.41 Å². The molecule has 0 aliphatic carbocycles. The number of hydrogen-bond acceptors (Lipinski definition) is 3. The van der Waals surface area contributed by atoms with Gasteiger partial charge in [-0.2, -0.15) is 0 Å². The maximum atomic E-state index is 11.8. The molecule has 0 aliphatic rings. The maximum Gasteiger partial charge on any atom is 0.175 e. The summed E-state index contributed by atoms with van der Waals surface area (Å²) in [4.78, 5) is 0.348. The average Bonchev–Trinajstić information content (AvgIpc) is 2.44. The number of ether oxygens (including phenoxy) is 1. The number of para-hydroxylation sites is 1. The fraction of sp³-hybridized carbons (Fsp3) is 0.333. The van der Waals surface area contributed by atoms with Gasteiger partial charge in [-0.3, -0.25) is 0 Å². The molecule has 118 valence electrons. The molecule has 0 heterocycles. The number of benzene rings is 2. The van der Waals surface area contributed by atoms with Crippen LogP contribution in [0.25, 0.3) is 0 Å². The molecule has 0 aromatic heterocycles. The fourth-order valence-electron chi connectivity index (χ4n) is 2.29. The summed E-state index contributed by atoms with van der Waals surface area (Å²) in [7, 11) is -3.21. The molecule has 2 rings (SSSR count). The van der Waals surface area contributed by atoms with Gasteiger partial charge < -0.3 is 4.74 Å². The highest BCUT2D eigenvalue weighted by atomic mass is 32.2. The lowest BCUT2D eigenvalue weighted by atomic mass is 9.84. The minimum absolute atomic E-state index is 0.157. The van der Waals surface area contributed by atoms with Crippen LogP contribution in [0.2, 0.25) is 0 Å². The zero-order valence-corrected chi connectivity index (χ0v) is 14.3. The predicted molar refractivity (Wildman–Crippen MR) is 89.0 cm³/mol. The molecule has 0 spiro atoms. The Labute approximate surface area is 132 Å². The highest BCUT2D eigenvalue weighted by Crippen LogP contribution is 2.29. The van der Waals surface area contributed by atoms with Crippen molar-refractivity contribution in [2.45, 2.75) is 37.7 Å². The van der Waals surface area contributed by atoms with Crippen LogP contribution in [0.3, 0.4) is 0 Å². The molecule has 2 aromatic carbocycles. The molecule has 0 unspecified atom stereocenters. The van der Waals surface area contributed by atoms with E-state index >= 15 is 0 Å². The van der Waals surface area contributed by atoms with Crippen LogP contribution in [0.4, 0.5) is 0 Å². The van der Waals surface area contributed by atoms with Crippen molar-refractivity contribution in [2.75, 3.05) is 6.26 Å². The summed E-state index contributed by atoms with van der Waals surface area (Å²) in [5, 5.41) is 0. The summed E-state index contributed by atoms with van der Waals surface area (Å²) in [6, 6.07) is 14.9. The summed E-state index contributed by atoms with van der Waals surface area (Å²) in [6.45, 7) is 6.63. The van der Waals surface area contributed by atoms with Crippen LogP contribution in [-0.2, 0) is 21.9 Å². The van der Waals surface area contributed by atoms with Crippen molar-refractivity contribution in [1.29, 1.82) is 0 Å². The van der Waals surface area contributed by atoms with E-state index in [4.69, 9.17) is 4.74 Å². The molecule has 0 radical (unpaired) electrons. The van der Waals surface area contributed by atoms with E-state index in [1.165, 1.54) is 6.26 Å². The minimum Gasteiger partial charge on any atom is -0.489 e. The lowest BCUT2D eigenvalue weighted by molar-refractivity contribution is 0.302. The third kappa shape index (κ3) is 4.10. The monoisotopic (exact) mass is 318 g/mol. The van der Waals surface area contributed by atoms with E-state index in [1.54, 1.807) is 12.1 Å². The minimum atomic E-state index is -3.21. The second-order valence-corrected chi connectivity index (χ2v) is 8.46. The van der Waals surface area contributed by atoms with Gasteiger partial charge in [0.1, 0.15) is 12.4 Å². The molecule has 0 saturated carbocycles. The normalized spacial score (nSPS) is 12.2. The first-order valence-corrected chi connectivity index (χ1v) is 9.08. The predicted octanol–water partition coefficient (Wildman–Crippen LogP) is 3.97. The third-order valence-electron chi connectivity index (χ3n) is 3.46. The molecule has 2 aromatic rings. The Kier molecular flexibility index (Phi) is 4.61. The Balaban J connectivity index is 2.35. The van der Waals surface area contributed by atoms with Crippen molar-refractivity contribution in [1.82, 2.24) is 0 Å². The SMILES string of the molecule is CC(C)(C)c1cc(S(C)(=O)=O)ccc1COc1ccccc1. The first-order chi connectivity index (χ1) is 10.2. The van der Waals surface area contributed by atoms with Gasteiger partial charge in [0.15, 0.2) is 9.84 Å². The fourth-order valence-corrected chi connectivity index (χ4v) is 2.94. The van der Waals surface area contributed by atoms with E-state index in [1.807, 2.05) is 36.4 Å². The van der Waals surface area contributed by atoms with Crippen LogP contribution >= 0.6 is 0 Å². The zero-order valence-electron chi connectivity index (χ0n) is 13.5. The van der Waals surface area contributed by atoms with Crippen LogP contribution in [0.1, 0.15) is 31.9 Å². The summed E-state index contributed by atoms with van der Waals surface area (Å²) < 4.78 is 29.3. The highest BCUT2D eigenvalue weighted by Gasteiger charge is 2.21. The second-order valence-electron chi connectivity index (χ2n) is 6.44. The van der Waals surface area contributed by atoms with Gasteiger partial charge in [0.2, 0.25) is 0 Å². The Morgan fingerprint density at radius 3 is 2.18 bits per heavy atom. The molecule has 22 heavy (non-hydrogen) atoms. The van der Waals surface area contributed by atoms with E-state index in [0.717, 1.165) is 16.9 Å². The maximum absolute atomic E-state index is 11.8. The van der Waals surface area contributed by atoms with E-state index in [0.29, 0.717) is 11.5 Å². The van der Waals surface area contributed by atoms with Gasteiger partial charge in [-0.1, -0.05) is 45.0 Å². The summed E-state index contributed by atoms with van der Waals surface area (Å²) in [6.07, 6.45) is 1.23. The Morgan fingerprint density at radius 1 is 1.00 bits per heavy atom. The van der Waals surface area contributed by atoms with Gasteiger partial charge in [-0.05, 0) is 40.8 Å². The van der Waals surface area contributed by atoms with E-state index in [9.17, 15) is 8.42 Å². The van der Waals surface area contributed by atoms with Crippen molar-refractivity contribution in [2.24, 2.45) is 0 Å². The second kappa shape index (κ2) is 6.13. The molecule has 0 bridgehead atoms. The Hall–Kier alpha value is -1.81. The largest absolute Gasteiger partial charge is 0.489 e. The van der Waals surface area contributed by atoms with E-state index < -0.39 is 9.84 Å². The van der Waals surface area contributed by atoms with Gasteiger partial charge in [0.25, 0.3) is 0 Å². The highest BCUT2D eigenvalue weighted by molar-refractivity contribution is 7.90. The molecule has 0 amide bonds. The molecule has 0 atom stereocenters. The van der Waals surface area contributed by atoms with Crippen LogP contribution in [0, 0.1) is 0 Å². The van der Waals surface area contributed by atoms with Gasteiger partial charge in [0, 0.05) is 6.26 Å². The lowest BCUT2D eigenvalue weighted by Gasteiger charge is -2.24. The molecule has 0 N–H and O–H groups in total. The van der Waals surface area contributed by atoms with Crippen LogP contribution in [0.15, 0.2) is 53.4 Å².